The highest BCUT2D eigenvalue weighted by Gasteiger charge is 2.31. The Kier molecular flexibility index (Phi) is 4.35. The van der Waals surface area contributed by atoms with Crippen molar-refractivity contribution in [3.63, 3.8) is 0 Å². The van der Waals surface area contributed by atoms with Crippen molar-refractivity contribution in [1.82, 2.24) is 9.78 Å². The fourth-order valence-electron chi connectivity index (χ4n) is 2.76. The normalized spacial score (nSPS) is 19.4. The zero-order valence-corrected chi connectivity index (χ0v) is 14.4. The molecular formula is C15H15ClFN3O3S. The van der Waals surface area contributed by atoms with E-state index in [9.17, 15) is 17.6 Å². The number of amides is 1. The van der Waals surface area contributed by atoms with Gasteiger partial charge in [0.1, 0.15) is 5.82 Å². The van der Waals surface area contributed by atoms with Crippen LogP contribution in [0.2, 0.25) is 5.02 Å². The molecule has 0 spiro atoms. The highest BCUT2D eigenvalue weighted by molar-refractivity contribution is 7.91. The van der Waals surface area contributed by atoms with Gasteiger partial charge in [-0.3, -0.25) is 9.48 Å². The van der Waals surface area contributed by atoms with Gasteiger partial charge >= 0.3 is 0 Å². The number of rotatable bonds is 3. The Balaban J connectivity index is 1.80. The maximum absolute atomic E-state index is 13.2. The monoisotopic (exact) mass is 371 g/mol. The fourth-order valence-corrected chi connectivity index (χ4v) is 4.63. The summed E-state index contributed by atoms with van der Waals surface area (Å²) in [6.07, 6.45) is 1.89. The number of carbonyl (C=O) groups is 1. The standard InChI is InChI=1S/C15H15ClFN3O3S/c1-9-12(7-18-20(9)11-4-5-24(22,23)8-11)15(21)19-10-2-3-14(17)13(16)6-10/h2-3,6-7,11H,4-5,8H2,1H3,(H,19,21). The largest absolute Gasteiger partial charge is 0.322 e. The van der Waals surface area contributed by atoms with E-state index in [2.05, 4.69) is 10.4 Å². The van der Waals surface area contributed by atoms with Gasteiger partial charge in [0.05, 0.1) is 34.3 Å². The van der Waals surface area contributed by atoms with Crippen molar-refractivity contribution < 1.29 is 17.6 Å². The number of hydrogen-bond acceptors (Lipinski definition) is 4. The van der Waals surface area contributed by atoms with Crippen molar-refractivity contribution >= 4 is 33.0 Å². The predicted molar refractivity (Wildman–Crippen MR) is 88.6 cm³/mol. The molecule has 0 bridgehead atoms. The second-order valence-electron chi connectivity index (χ2n) is 5.73. The lowest BCUT2D eigenvalue weighted by molar-refractivity contribution is 0.102. The van der Waals surface area contributed by atoms with E-state index in [0.717, 1.165) is 6.07 Å². The van der Waals surface area contributed by atoms with Crippen LogP contribution in [-0.4, -0.2) is 35.6 Å². The molecule has 1 aromatic heterocycles. The smallest absolute Gasteiger partial charge is 0.259 e. The Bertz CT molecular complexity index is 911. The van der Waals surface area contributed by atoms with Crippen molar-refractivity contribution in [2.75, 3.05) is 16.8 Å². The van der Waals surface area contributed by atoms with Crippen molar-refractivity contribution in [3.05, 3.63) is 46.5 Å². The third kappa shape index (κ3) is 3.29. The summed E-state index contributed by atoms with van der Waals surface area (Å²) in [6, 6.07) is 3.63. The first-order chi connectivity index (χ1) is 11.3. The summed E-state index contributed by atoms with van der Waals surface area (Å²) in [5, 5.41) is 6.70. The third-order valence-corrected chi connectivity index (χ3v) is 6.06. The summed E-state index contributed by atoms with van der Waals surface area (Å²) in [5.41, 5.74) is 1.28. The topological polar surface area (TPSA) is 81.1 Å². The van der Waals surface area contributed by atoms with Crippen LogP contribution in [0.3, 0.4) is 0 Å². The van der Waals surface area contributed by atoms with Crippen LogP contribution < -0.4 is 5.32 Å². The third-order valence-electron chi connectivity index (χ3n) is 4.02. The average molecular weight is 372 g/mol. The number of sulfone groups is 1. The SMILES string of the molecule is Cc1c(C(=O)Nc2ccc(F)c(Cl)c2)cnn1C1CCS(=O)(=O)C1. The van der Waals surface area contributed by atoms with Gasteiger partial charge in [0.2, 0.25) is 0 Å². The van der Waals surface area contributed by atoms with Crippen molar-refractivity contribution in [2.45, 2.75) is 19.4 Å². The van der Waals surface area contributed by atoms with E-state index in [1.54, 1.807) is 11.6 Å². The summed E-state index contributed by atoms with van der Waals surface area (Å²) in [5.74, 6) is -0.820. The molecule has 1 N–H and O–H groups in total. The Morgan fingerprint density at radius 2 is 2.21 bits per heavy atom. The molecule has 1 fully saturated rings. The molecule has 1 aromatic carbocycles. The molecular weight excluding hydrogens is 357 g/mol. The Morgan fingerprint density at radius 1 is 1.46 bits per heavy atom. The minimum Gasteiger partial charge on any atom is -0.322 e. The van der Waals surface area contributed by atoms with Gasteiger partial charge < -0.3 is 5.32 Å². The molecule has 0 aliphatic carbocycles. The molecule has 1 saturated heterocycles. The van der Waals surface area contributed by atoms with Gasteiger partial charge in [-0.05, 0) is 31.5 Å². The molecule has 0 radical (unpaired) electrons. The number of anilines is 1. The molecule has 1 atom stereocenters. The van der Waals surface area contributed by atoms with Crippen LogP contribution in [0.25, 0.3) is 0 Å². The van der Waals surface area contributed by atoms with Crippen LogP contribution in [0, 0.1) is 12.7 Å². The van der Waals surface area contributed by atoms with Gasteiger partial charge in [-0.15, -0.1) is 0 Å². The van der Waals surface area contributed by atoms with Crippen molar-refractivity contribution in [1.29, 1.82) is 0 Å². The quantitative estimate of drug-likeness (QED) is 0.899. The second kappa shape index (κ2) is 6.18. The lowest BCUT2D eigenvalue weighted by Gasteiger charge is -2.11. The molecule has 0 saturated carbocycles. The van der Waals surface area contributed by atoms with Gasteiger partial charge in [0, 0.05) is 11.4 Å². The number of aromatic nitrogens is 2. The summed E-state index contributed by atoms with van der Waals surface area (Å²) >= 11 is 5.69. The molecule has 1 aliphatic heterocycles. The molecule has 1 amide bonds. The number of halogens is 2. The van der Waals surface area contributed by atoms with Gasteiger partial charge in [-0.25, -0.2) is 12.8 Å². The van der Waals surface area contributed by atoms with Gasteiger partial charge in [-0.2, -0.15) is 5.10 Å². The Labute approximate surface area is 143 Å². The second-order valence-corrected chi connectivity index (χ2v) is 8.36. The van der Waals surface area contributed by atoms with Crippen molar-refractivity contribution in [2.24, 2.45) is 0 Å². The molecule has 2 aromatic rings. The molecule has 2 heterocycles. The minimum atomic E-state index is -3.04. The lowest BCUT2D eigenvalue weighted by atomic mass is 10.2. The average Bonchev–Trinajstić information content (AvgIpc) is 3.05. The van der Waals surface area contributed by atoms with Crippen molar-refractivity contribution in [3.8, 4) is 0 Å². The van der Waals surface area contributed by atoms with E-state index in [-0.39, 0.29) is 22.6 Å². The number of nitrogens with one attached hydrogen (secondary N) is 1. The number of nitrogens with zero attached hydrogens (tertiary/aromatic N) is 2. The molecule has 6 nitrogen and oxygen atoms in total. The Hall–Kier alpha value is -1.93. The van der Waals surface area contributed by atoms with E-state index in [0.29, 0.717) is 23.4 Å². The number of hydrogen-bond donors (Lipinski definition) is 1. The summed E-state index contributed by atoms with van der Waals surface area (Å²) in [4.78, 5) is 12.4. The molecule has 9 heteroatoms. The van der Waals surface area contributed by atoms with E-state index >= 15 is 0 Å². The fraction of sp³-hybridized carbons (Fsp3) is 0.333. The number of carbonyl (C=O) groups excluding carboxylic acids is 1. The van der Waals surface area contributed by atoms with Crippen LogP contribution in [0.4, 0.5) is 10.1 Å². The van der Waals surface area contributed by atoms with E-state index in [1.807, 2.05) is 0 Å². The zero-order chi connectivity index (χ0) is 17.5. The van der Waals surface area contributed by atoms with Crippen LogP contribution in [0.5, 0.6) is 0 Å². The van der Waals surface area contributed by atoms with Gasteiger partial charge in [0.25, 0.3) is 5.91 Å². The number of benzene rings is 1. The predicted octanol–water partition coefficient (Wildman–Crippen LogP) is 2.60. The zero-order valence-electron chi connectivity index (χ0n) is 12.8. The molecule has 1 unspecified atom stereocenters. The highest BCUT2D eigenvalue weighted by Crippen LogP contribution is 2.26. The first kappa shape index (κ1) is 16.9. The lowest BCUT2D eigenvalue weighted by Crippen LogP contribution is -2.16. The summed E-state index contributed by atoms with van der Waals surface area (Å²) < 4.78 is 37.9. The van der Waals surface area contributed by atoms with Crippen LogP contribution in [0.15, 0.2) is 24.4 Å². The summed E-state index contributed by atoms with van der Waals surface area (Å²) in [7, 11) is -3.04. The first-order valence-corrected chi connectivity index (χ1v) is 9.48. The summed E-state index contributed by atoms with van der Waals surface area (Å²) in [6.45, 7) is 1.71. The molecule has 1 aliphatic rings. The van der Waals surface area contributed by atoms with Gasteiger partial charge in [-0.1, -0.05) is 11.6 Å². The molecule has 128 valence electrons. The van der Waals surface area contributed by atoms with Crippen LogP contribution in [-0.2, 0) is 9.84 Å². The molecule has 24 heavy (non-hydrogen) atoms. The van der Waals surface area contributed by atoms with E-state index in [1.165, 1.54) is 18.3 Å². The van der Waals surface area contributed by atoms with Crippen LogP contribution in [0.1, 0.15) is 28.5 Å². The minimum absolute atomic E-state index is 0.0319. The maximum Gasteiger partial charge on any atom is 0.259 e. The first-order valence-electron chi connectivity index (χ1n) is 7.28. The van der Waals surface area contributed by atoms with E-state index < -0.39 is 21.6 Å². The Morgan fingerprint density at radius 3 is 2.83 bits per heavy atom. The molecule has 3 rings (SSSR count). The van der Waals surface area contributed by atoms with E-state index in [4.69, 9.17) is 11.6 Å². The van der Waals surface area contributed by atoms with Gasteiger partial charge in [0.15, 0.2) is 9.84 Å². The maximum atomic E-state index is 13.2. The highest BCUT2D eigenvalue weighted by atomic mass is 35.5. The van der Waals surface area contributed by atoms with Crippen LogP contribution >= 0.6 is 11.6 Å².